The van der Waals surface area contributed by atoms with Gasteiger partial charge in [-0.15, -0.1) is 0 Å². The SMILES string of the molecule is COc1cc2cccc3ccc4cccc1c4c32. The van der Waals surface area contributed by atoms with Crippen molar-refractivity contribution < 1.29 is 4.74 Å². The molecule has 0 saturated carbocycles. The van der Waals surface area contributed by atoms with E-state index in [1.807, 2.05) is 0 Å². The van der Waals surface area contributed by atoms with Crippen LogP contribution in [0.1, 0.15) is 0 Å². The Balaban J connectivity index is 2.43. The topological polar surface area (TPSA) is 9.23 Å². The van der Waals surface area contributed by atoms with E-state index in [4.69, 9.17) is 4.74 Å². The summed E-state index contributed by atoms with van der Waals surface area (Å²) in [5, 5.41) is 7.65. The van der Waals surface area contributed by atoms with Gasteiger partial charge in [0, 0.05) is 10.8 Å². The minimum Gasteiger partial charge on any atom is -0.496 e. The van der Waals surface area contributed by atoms with Gasteiger partial charge in [0.1, 0.15) is 5.75 Å². The van der Waals surface area contributed by atoms with Crippen molar-refractivity contribution >= 4 is 32.3 Å². The largest absolute Gasteiger partial charge is 0.496 e. The molecule has 18 heavy (non-hydrogen) atoms. The van der Waals surface area contributed by atoms with Crippen LogP contribution in [0.4, 0.5) is 0 Å². The third-order valence-electron chi connectivity index (χ3n) is 3.69. The molecular formula is C17H12O. The van der Waals surface area contributed by atoms with E-state index in [0.29, 0.717) is 0 Å². The van der Waals surface area contributed by atoms with Crippen molar-refractivity contribution in [3.63, 3.8) is 0 Å². The summed E-state index contributed by atoms with van der Waals surface area (Å²) in [7, 11) is 1.73. The molecule has 0 radical (unpaired) electrons. The van der Waals surface area contributed by atoms with Gasteiger partial charge in [-0.1, -0.05) is 48.5 Å². The second-order valence-electron chi connectivity index (χ2n) is 4.63. The summed E-state index contributed by atoms with van der Waals surface area (Å²) in [6, 6.07) is 19.3. The van der Waals surface area contributed by atoms with Crippen LogP contribution < -0.4 is 4.74 Å². The van der Waals surface area contributed by atoms with Crippen LogP contribution in [0.2, 0.25) is 0 Å². The van der Waals surface area contributed by atoms with E-state index in [1.54, 1.807) is 7.11 Å². The van der Waals surface area contributed by atoms with Gasteiger partial charge in [-0.05, 0) is 27.6 Å². The van der Waals surface area contributed by atoms with Gasteiger partial charge in [0.15, 0.2) is 0 Å². The van der Waals surface area contributed by atoms with Gasteiger partial charge < -0.3 is 4.74 Å². The quantitative estimate of drug-likeness (QED) is 0.436. The molecule has 0 aliphatic carbocycles. The summed E-state index contributed by atoms with van der Waals surface area (Å²) in [5.41, 5.74) is 0. The summed E-state index contributed by atoms with van der Waals surface area (Å²) >= 11 is 0. The first-order valence-corrected chi connectivity index (χ1v) is 6.09. The van der Waals surface area contributed by atoms with Gasteiger partial charge in [-0.25, -0.2) is 0 Å². The summed E-state index contributed by atoms with van der Waals surface area (Å²) in [4.78, 5) is 0. The Hall–Kier alpha value is -2.28. The van der Waals surface area contributed by atoms with Crippen LogP contribution in [0, 0.1) is 0 Å². The monoisotopic (exact) mass is 232 g/mol. The fourth-order valence-corrected chi connectivity index (χ4v) is 2.90. The van der Waals surface area contributed by atoms with Crippen LogP contribution in [0.15, 0.2) is 54.6 Å². The van der Waals surface area contributed by atoms with E-state index in [0.717, 1.165) is 5.75 Å². The smallest absolute Gasteiger partial charge is 0.127 e. The lowest BCUT2D eigenvalue weighted by molar-refractivity contribution is 0.420. The van der Waals surface area contributed by atoms with Crippen molar-refractivity contribution in [2.45, 2.75) is 0 Å². The maximum atomic E-state index is 5.53. The van der Waals surface area contributed by atoms with Crippen LogP contribution in [0.3, 0.4) is 0 Å². The maximum absolute atomic E-state index is 5.53. The molecule has 1 heteroatoms. The van der Waals surface area contributed by atoms with Gasteiger partial charge in [-0.3, -0.25) is 0 Å². The molecule has 0 N–H and O–H groups in total. The lowest BCUT2D eigenvalue weighted by Gasteiger charge is -2.13. The minimum absolute atomic E-state index is 0.951. The van der Waals surface area contributed by atoms with Crippen molar-refractivity contribution in [3.05, 3.63) is 54.6 Å². The van der Waals surface area contributed by atoms with Gasteiger partial charge >= 0.3 is 0 Å². The molecule has 0 aliphatic rings. The Morgan fingerprint density at radius 3 is 2.17 bits per heavy atom. The first-order chi connectivity index (χ1) is 8.88. The van der Waals surface area contributed by atoms with Crippen LogP contribution >= 0.6 is 0 Å². The molecule has 0 amide bonds. The molecule has 0 saturated heterocycles. The Bertz CT molecular complexity index is 861. The molecule has 0 atom stereocenters. The number of rotatable bonds is 1. The third-order valence-corrected chi connectivity index (χ3v) is 3.69. The summed E-state index contributed by atoms with van der Waals surface area (Å²) in [5.74, 6) is 0.951. The predicted octanol–water partition coefficient (Wildman–Crippen LogP) is 4.59. The number of hydrogen-bond donors (Lipinski definition) is 0. The zero-order chi connectivity index (χ0) is 12.1. The average molecular weight is 232 g/mol. The molecule has 0 aromatic heterocycles. The Morgan fingerprint density at radius 2 is 1.39 bits per heavy atom. The first-order valence-electron chi connectivity index (χ1n) is 6.09. The molecule has 4 rings (SSSR count). The number of hydrogen-bond acceptors (Lipinski definition) is 1. The first kappa shape index (κ1) is 9.72. The highest BCUT2D eigenvalue weighted by Gasteiger charge is 2.11. The molecule has 4 aromatic carbocycles. The summed E-state index contributed by atoms with van der Waals surface area (Å²) < 4.78 is 5.53. The van der Waals surface area contributed by atoms with Crippen molar-refractivity contribution in [3.8, 4) is 5.75 Å². The van der Waals surface area contributed by atoms with E-state index in [-0.39, 0.29) is 0 Å². The fourth-order valence-electron chi connectivity index (χ4n) is 2.90. The second-order valence-corrected chi connectivity index (χ2v) is 4.63. The number of benzene rings is 4. The zero-order valence-corrected chi connectivity index (χ0v) is 10.1. The van der Waals surface area contributed by atoms with Crippen molar-refractivity contribution in [2.24, 2.45) is 0 Å². The van der Waals surface area contributed by atoms with E-state index >= 15 is 0 Å². The standard InChI is InChI=1S/C17H12O/c1-18-15-10-13-6-2-4-11-8-9-12-5-3-7-14(15)17(12)16(11)13/h2-10H,1H3. The highest BCUT2D eigenvalue weighted by Crippen LogP contribution is 2.39. The van der Waals surface area contributed by atoms with Crippen molar-refractivity contribution in [1.82, 2.24) is 0 Å². The maximum Gasteiger partial charge on any atom is 0.127 e. The molecular weight excluding hydrogens is 220 g/mol. The molecule has 0 unspecified atom stereocenters. The average Bonchev–Trinajstić information content (AvgIpc) is 2.44. The van der Waals surface area contributed by atoms with Crippen LogP contribution in [-0.4, -0.2) is 7.11 Å². The van der Waals surface area contributed by atoms with Crippen molar-refractivity contribution in [2.75, 3.05) is 7.11 Å². The fraction of sp³-hybridized carbons (Fsp3) is 0.0588. The van der Waals surface area contributed by atoms with Gasteiger partial charge in [0.25, 0.3) is 0 Å². The Morgan fingerprint density at radius 1 is 0.722 bits per heavy atom. The van der Waals surface area contributed by atoms with Gasteiger partial charge in [0.2, 0.25) is 0 Å². The van der Waals surface area contributed by atoms with E-state index < -0.39 is 0 Å². The molecule has 0 spiro atoms. The molecule has 1 nitrogen and oxygen atoms in total. The van der Waals surface area contributed by atoms with Gasteiger partial charge in [-0.2, -0.15) is 0 Å². The van der Waals surface area contributed by atoms with Crippen LogP contribution in [0.25, 0.3) is 32.3 Å². The van der Waals surface area contributed by atoms with Crippen LogP contribution in [-0.2, 0) is 0 Å². The Kier molecular flexibility index (Phi) is 1.81. The van der Waals surface area contributed by atoms with Gasteiger partial charge in [0.05, 0.1) is 7.11 Å². The summed E-state index contributed by atoms with van der Waals surface area (Å²) in [6.45, 7) is 0. The second kappa shape index (κ2) is 3.36. The molecule has 0 fully saturated rings. The zero-order valence-electron chi connectivity index (χ0n) is 10.1. The molecule has 86 valence electrons. The number of ether oxygens (including phenoxy) is 1. The molecule has 4 aromatic rings. The summed E-state index contributed by atoms with van der Waals surface area (Å²) in [6.07, 6.45) is 0. The van der Waals surface area contributed by atoms with E-state index in [1.165, 1.54) is 32.3 Å². The third kappa shape index (κ3) is 1.11. The normalized spacial score (nSPS) is 11.6. The number of methoxy groups -OCH3 is 1. The molecule has 0 aliphatic heterocycles. The van der Waals surface area contributed by atoms with E-state index in [2.05, 4.69) is 54.6 Å². The minimum atomic E-state index is 0.951. The Labute approximate surface area is 105 Å². The highest BCUT2D eigenvalue weighted by atomic mass is 16.5. The van der Waals surface area contributed by atoms with Crippen LogP contribution in [0.5, 0.6) is 5.75 Å². The molecule has 0 bridgehead atoms. The van der Waals surface area contributed by atoms with E-state index in [9.17, 15) is 0 Å². The lowest BCUT2D eigenvalue weighted by Crippen LogP contribution is -1.88. The predicted molar refractivity (Wildman–Crippen MR) is 76.7 cm³/mol. The lowest BCUT2D eigenvalue weighted by atomic mass is 9.94. The van der Waals surface area contributed by atoms with Crippen molar-refractivity contribution in [1.29, 1.82) is 0 Å². The highest BCUT2D eigenvalue weighted by molar-refractivity contribution is 6.24. The molecule has 0 heterocycles.